The summed E-state index contributed by atoms with van der Waals surface area (Å²) < 4.78 is 62.5. The second-order valence-electron chi connectivity index (χ2n) is 6.79. The van der Waals surface area contributed by atoms with E-state index in [4.69, 9.17) is 4.74 Å². The van der Waals surface area contributed by atoms with E-state index in [-0.39, 0.29) is 28.8 Å². The van der Waals surface area contributed by atoms with Crippen molar-refractivity contribution in [2.45, 2.75) is 24.3 Å². The summed E-state index contributed by atoms with van der Waals surface area (Å²) in [7, 11) is -0.830. The van der Waals surface area contributed by atoms with Gasteiger partial charge in [-0.3, -0.25) is 9.48 Å². The van der Waals surface area contributed by atoms with Gasteiger partial charge in [-0.2, -0.15) is 18.2 Å². The second kappa shape index (κ2) is 8.96. The van der Waals surface area contributed by atoms with Gasteiger partial charge in [0.1, 0.15) is 4.90 Å². The van der Waals surface area contributed by atoms with Gasteiger partial charge in [-0.15, -0.1) is 0 Å². The third-order valence-electron chi connectivity index (χ3n) is 4.72. The predicted molar refractivity (Wildman–Crippen MR) is 103 cm³/mol. The maximum atomic E-state index is 12.8. The summed E-state index contributed by atoms with van der Waals surface area (Å²) in [5.41, 5.74) is 0.325. The first-order valence-electron chi connectivity index (χ1n) is 9.13. The minimum Gasteiger partial charge on any atom is -0.493 e. The molecule has 0 bridgehead atoms. The molecular formula is C18H22F2N4O5S. The fraction of sp³-hybridized carbons (Fsp3) is 0.444. The lowest BCUT2D eigenvalue weighted by Crippen LogP contribution is -2.43. The minimum absolute atomic E-state index is 0.0345. The molecule has 1 N–H and O–H groups in total. The zero-order chi connectivity index (χ0) is 21.9. The van der Waals surface area contributed by atoms with Gasteiger partial charge in [-0.25, -0.2) is 8.42 Å². The number of rotatable bonds is 7. The van der Waals surface area contributed by atoms with Crippen molar-refractivity contribution in [2.24, 2.45) is 13.0 Å². The second-order valence-corrected chi connectivity index (χ2v) is 8.72. The molecule has 2 heterocycles. The van der Waals surface area contributed by atoms with Crippen LogP contribution in [0, 0.1) is 5.92 Å². The van der Waals surface area contributed by atoms with Gasteiger partial charge in [0.05, 0.1) is 19.2 Å². The third-order valence-corrected chi connectivity index (χ3v) is 6.54. The molecule has 0 radical (unpaired) electrons. The predicted octanol–water partition coefficient (Wildman–Crippen LogP) is 2.07. The molecule has 2 aromatic rings. The zero-order valence-electron chi connectivity index (χ0n) is 16.4. The molecule has 0 unspecified atom stereocenters. The standard InChI is InChI=1S/C18H22F2N4O5S/c1-23-11-14(9-21-23)30(26,27)24-7-3-4-12(10-24)17(25)22-13-5-6-15(29-18(19)20)16(8-13)28-2/h5-6,8-9,11-12,18H,3-4,7,10H2,1-2H3,(H,22,25)/t12-/m1/s1. The van der Waals surface area contributed by atoms with E-state index < -0.39 is 22.6 Å². The summed E-state index contributed by atoms with van der Waals surface area (Å²) in [6, 6.07) is 4.04. The number of methoxy groups -OCH3 is 1. The molecule has 0 aliphatic carbocycles. The number of nitrogens with one attached hydrogen (secondary N) is 1. The third kappa shape index (κ3) is 4.87. The highest BCUT2D eigenvalue weighted by molar-refractivity contribution is 7.89. The van der Waals surface area contributed by atoms with Crippen LogP contribution in [0.25, 0.3) is 0 Å². The maximum absolute atomic E-state index is 12.8. The fourth-order valence-electron chi connectivity index (χ4n) is 3.24. The van der Waals surface area contributed by atoms with Crippen molar-refractivity contribution in [3.63, 3.8) is 0 Å². The Labute approximate surface area is 172 Å². The van der Waals surface area contributed by atoms with Crippen LogP contribution in [0.1, 0.15) is 12.8 Å². The lowest BCUT2D eigenvalue weighted by atomic mass is 9.98. The van der Waals surface area contributed by atoms with E-state index in [0.29, 0.717) is 25.1 Å². The molecule has 1 aliphatic rings. The highest BCUT2D eigenvalue weighted by Gasteiger charge is 2.34. The Kier molecular flexibility index (Phi) is 6.56. The summed E-state index contributed by atoms with van der Waals surface area (Å²) >= 11 is 0. The molecule has 1 amide bonds. The first-order valence-corrected chi connectivity index (χ1v) is 10.6. The molecule has 9 nitrogen and oxygen atoms in total. The van der Waals surface area contributed by atoms with E-state index >= 15 is 0 Å². The fourth-order valence-corrected chi connectivity index (χ4v) is 4.75. The van der Waals surface area contributed by atoms with Crippen molar-refractivity contribution in [3.05, 3.63) is 30.6 Å². The number of aryl methyl sites for hydroxylation is 1. The van der Waals surface area contributed by atoms with E-state index in [0.717, 1.165) is 0 Å². The lowest BCUT2D eigenvalue weighted by Gasteiger charge is -2.30. The smallest absolute Gasteiger partial charge is 0.387 e. The zero-order valence-corrected chi connectivity index (χ0v) is 17.2. The Hall–Kier alpha value is -2.73. The first kappa shape index (κ1) is 22.0. The number of aromatic nitrogens is 2. The van der Waals surface area contributed by atoms with Crippen molar-refractivity contribution in [1.82, 2.24) is 14.1 Å². The number of sulfonamides is 1. The molecule has 0 saturated carbocycles. The normalized spacial score (nSPS) is 17.7. The van der Waals surface area contributed by atoms with Gasteiger partial charge in [-0.1, -0.05) is 0 Å². The van der Waals surface area contributed by atoms with Gasteiger partial charge in [-0.05, 0) is 25.0 Å². The molecule has 3 rings (SSSR count). The van der Waals surface area contributed by atoms with Crippen LogP contribution in [0.2, 0.25) is 0 Å². The maximum Gasteiger partial charge on any atom is 0.387 e. The molecular weight excluding hydrogens is 422 g/mol. The summed E-state index contributed by atoms with van der Waals surface area (Å²) in [5.74, 6) is -1.05. The van der Waals surface area contributed by atoms with Crippen LogP contribution in [0.3, 0.4) is 0 Å². The van der Waals surface area contributed by atoms with Gasteiger partial charge in [0.25, 0.3) is 0 Å². The van der Waals surface area contributed by atoms with Crippen molar-refractivity contribution in [2.75, 3.05) is 25.5 Å². The number of amides is 1. The summed E-state index contributed by atoms with van der Waals surface area (Å²) in [6.45, 7) is -2.66. The van der Waals surface area contributed by atoms with E-state index in [9.17, 15) is 22.0 Å². The topological polar surface area (TPSA) is 103 Å². The van der Waals surface area contributed by atoms with Crippen molar-refractivity contribution >= 4 is 21.6 Å². The molecule has 164 valence electrons. The number of anilines is 1. The van der Waals surface area contributed by atoms with Gasteiger partial charge in [0.2, 0.25) is 15.9 Å². The Morgan fingerprint density at radius 2 is 2.10 bits per heavy atom. The molecule has 1 aromatic carbocycles. The van der Waals surface area contributed by atoms with Crippen LogP contribution in [0.15, 0.2) is 35.5 Å². The van der Waals surface area contributed by atoms with E-state index in [1.165, 1.54) is 46.7 Å². The Bertz CT molecular complexity index is 1010. The number of nitrogens with zero attached hydrogens (tertiary/aromatic N) is 3. The quantitative estimate of drug-likeness (QED) is 0.701. The number of carbonyl (C=O) groups is 1. The number of ether oxygens (including phenoxy) is 2. The molecule has 1 aromatic heterocycles. The number of halogens is 2. The number of benzene rings is 1. The van der Waals surface area contributed by atoms with Crippen LogP contribution in [0.4, 0.5) is 14.5 Å². The Balaban J connectivity index is 1.70. The average molecular weight is 444 g/mol. The number of alkyl halides is 2. The van der Waals surface area contributed by atoms with Gasteiger partial charge >= 0.3 is 6.61 Å². The Morgan fingerprint density at radius 1 is 1.33 bits per heavy atom. The van der Waals surface area contributed by atoms with Gasteiger partial charge < -0.3 is 14.8 Å². The molecule has 1 atom stereocenters. The number of piperidine rings is 1. The van der Waals surface area contributed by atoms with E-state index in [1.54, 1.807) is 7.05 Å². The van der Waals surface area contributed by atoms with Crippen molar-refractivity contribution < 1.29 is 31.5 Å². The van der Waals surface area contributed by atoms with Gasteiger partial charge in [0.15, 0.2) is 11.5 Å². The molecule has 12 heteroatoms. The lowest BCUT2D eigenvalue weighted by molar-refractivity contribution is -0.120. The summed E-state index contributed by atoms with van der Waals surface area (Å²) in [6.07, 6.45) is 3.74. The highest BCUT2D eigenvalue weighted by Crippen LogP contribution is 2.32. The Morgan fingerprint density at radius 3 is 2.73 bits per heavy atom. The average Bonchev–Trinajstić information content (AvgIpc) is 3.16. The molecule has 30 heavy (non-hydrogen) atoms. The summed E-state index contributed by atoms with van der Waals surface area (Å²) in [5, 5.41) is 6.57. The first-order chi connectivity index (χ1) is 14.2. The summed E-state index contributed by atoms with van der Waals surface area (Å²) in [4.78, 5) is 12.8. The molecule has 1 saturated heterocycles. The van der Waals surface area contributed by atoms with E-state index in [2.05, 4.69) is 15.2 Å². The molecule has 1 aliphatic heterocycles. The molecule has 1 fully saturated rings. The SMILES string of the molecule is COc1cc(NC(=O)[C@@H]2CCCN(S(=O)(=O)c3cnn(C)c3)C2)ccc1OC(F)F. The van der Waals surface area contributed by atoms with Crippen molar-refractivity contribution in [3.8, 4) is 11.5 Å². The van der Waals surface area contributed by atoms with Gasteiger partial charge in [0, 0.05) is 38.1 Å². The van der Waals surface area contributed by atoms with Crippen LogP contribution in [0.5, 0.6) is 11.5 Å². The number of hydrogen-bond donors (Lipinski definition) is 1. The number of carbonyl (C=O) groups excluding carboxylic acids is 1. The largest absolute Gasteiger partial charge is 0.493 e. The minimum atomic E-state index is -3.75. The van der Waals surface area contributed by atoms with E-state index in [1.807, 2.05) is 0 Å². The van der Waals surface area contributed by atoms with Crippen LogP contribution >= 0.6 is 0 Å². The highest BCUT2D eigenvalue weighted by atomic mass is 32.2. The van der Waals surface area contributed by atoms with Crippen molar-refractivity contribution in [1.29, 1.82) is 0 Å². The van der Waals surface area contributed by atoms with Crippen LogP contribution in [-0.4, -0.2) is 55.2 Å². The van der Waals surface area contributed by atoms with Crippen LogP contribution < -0.4 is 14.8 Å². The van der Waals surface area contributed by atoms with Crippen LogP contribution in [-0.2, 0) is 21.9 Å². The monoisotopic (exact) mass is 444 g/mol. The number of hydrogen-bond acceptors (Lipinski definition) is 6. The molecule has 0 spiro atoms.